The average Bonchev–Trinajstić information content (AvgIpc) is 3.24. The molecule has 1 heterocycles. The molecule has 20 heavy (non-hydrogen) atoms. The Labute approximate surface area is 117 Å². The number of hydrogen-bond donors (Lipinski definition) is 3. The monoisotopic (exact) mass is 270 g/mol. The van der Waals surface area contributed by atoms with Gasteiger partial charge in [-0.05, 0) is 37.0 Å². The number of rotatable bonds is 4. The van der Waals surface area contributed by atoms with E-state index in [4.69, 9.17) is 5.73 Å². The molecular weight excluding hydrogens is 252 g/mol. The van der Waals surface area contributed by atoms with Crippen LogP contribution in [0.4, 0.5) is 11.5 Å². The third-order valence-electron chi connectivity index (χ3n) is 3.67. The fourth-order valence-corrected chi connectivity index (χ4v) is 2.20. The normalized spacial score (nSPS) is 14.2. The first-order valence-electron chi connectivity index (χ1n) is 6.82. The fourth-order valence-electron chi connectivity index (χ4n) is 2.20. The van der Waals surface area contributed by atoms with Crippen molar-refractivity contribution >= 4 is 11.5 Å². The molecule has 5 nitrogen and oxygen atoms in total. The van der Waals surface area contributed by atoms with Gasteiger partial charge >= 0.3 is 0 Å². The lowest BCUT2D eigenvalue weighted by Crippen LogP contribution is -2.13. The molecule has 0 aliphatic heterocycles. The standard InChI is InChI=1S/C15H18N4O/c1-9-11(3-2-4-12(9)16)8-17-13-7-14(20)19-15(18-13)10-5-6-10/h2-4,7,10H,5-6,8,16H2,1H3,(H2,17,18,19,20). The van der Waals surface area contributed by atoms with E-state index in [0.717, 1.165) is 35.5 Å². The van der Waals surface area contributed by atoms with Crippen molar-refractivity contribution in [2.45, 2.75) is 32.2 Å². The van der Waals surface area contributed by atoms with Crippen LogP contribution in [0.5, 0.6) is 0 Å². The van der Waals surface area contributed by atoms with Crippen LogP contribution in [0, 0.1) is 6.92 Å². The molecular formula is C15H18N4O. The topological polar surface area (TPSA) is 83.8 Å². The molecule has 2 aromatic rings. The summed E-state index contributed by atoms with van der Waals surface area (Å²) in [5.41, 5.74) is 8.74. The molecule has 1 aliphatic carbocycles. The Hall–Kier alpha value is -2.30. The van der Waals surface area contributed by atoms with Crippen LogP contribution >= 0.6 is 0 Å². The molecule has 0 atom stereocenters. The second-order valence-electron chi connectivity index (χ2n) is 5.28. The SMILES string of the molecule is Cc1c(N)cccc1CNc1cc(=O)[nH]c(C2CC2)n1. The maximum absolute atomic E-state index is 11.6. The number of benzene rings is 1. The maximum atomic E-state index is 11.6. The van der Waals surface area contributed by atoms with Crippen LogP contribution in [-0.2, 0) is 6.54 Å². The van der Waals surface area contributed by atoms with E-state index in [0.29, 0.717) is 18.3 Å². The third kappa shape index (κ3) is 2.66. The highest BCUT2D eigenvalue weighted by molar-refractivity contribution is 5.51. The second-order valence-corrected chi connectivity index (χ2v) is 5.28. The van der Waals surface area contributed by atoms with Crippen LogP contribution in [0.3, 0.4) is 0 Å². The van der Waals surface area contributed by atoms with Gasteiger partial charge in [-0.2, -0.15) is 0 Å². The fraction of sp³-hybridized carbons (Fsp3) is 0.333. The quantitative estimate of drug-likeness (QED) is 0.743. The van der Waals surface area contributed by atoms with Gasteiger partial charge in [0.15, 0.2) is 0 Å². The van der Waals surface area contributed by atoms with Crippen LogP contribution in [0.2, 0.25) is 0 Å². The Balaban J connectivity index is 1.78. The van der Waals surface area contributed by atoms with E-state index in [1.807, 2.05) is 25.1 Å². The van der Waals surface area contributed by atoms with Crippen LogP contribution in [0.25, 0.3) is 0 Å². The van der Waals surface area contributed by atoms with Crippen LogP contribution < -0.4 is 16.6 Å². The van der Waals surface area contributed by atoms with Crippen LogP contribution in [0.15, 0.2) is 29.1 Å². The number of nitrogen functional groups attached to an aromatic ring is 1. The van der Waals surface area contributed by atoms with E-state index in [1.54, 1.807) is 0 Å². The highest BCUT2D eigenvalue weighted by Gasteiger charge is 2.26. The lowest BCUT2D eigenvalue weighted by atomic mass is 10.1. The number of anilines is 2. The minimum atomic E-state index is -0.103. The molecule has 0 radical (unpaired) electrons. The van der Waals surface area contributed by atoms with Crippen molar-refractivity contribution in [2.75, 3.05) is 11.1 Å². The maximum Gasteiger partial charge on any atom is 0.252 e. The lowest BCUT2D eigenvalue weighted by Gasteiger charge is -2.10. The van der Waals surface area contributed by atoms with E-state index in [9.17, 15) is 4.79 Å². The van der Waals surface area contributed by atoms with E-state index in [1.165, 1.54) is 6.07 Å². The number of nitrogens with two attached hydrogens (primary N) is 1. The molecule has 1 aliphatic rings. The van der Waals surface area contributed by atoms with E-state index in [2.05, 4.69) is 15.3 Å². The van der Waals surface area contributed by atoms with Crippen LogP contribution in [0.1, 0.15) is 35.7 Å². The molecule has 1 aromatic carbocycles. The summed E-state index contributed by atoms with van der Waals surface area (Å²) in [4.78, 5) is 18.9. The summed E-state index contributed by atoms with van der Waals surface area (Å²) < 4.78 is 0. The summed E-state index contributed by atoms with van der Waals surface area (Å²) in [7, 11) is 0. The molecule has 104 valence electrons. The lowest BCUT2D eigenvalue weighted by molar-refractivity contribution is 0.903. The predicted octanol–water partition coefficient (Wildman–Crippen LogP) is 2.15. The molecule has 1 aromatic heterocycles. The zero-order valence-electron chi connectivity index (χ0n) is 11.4. The molecule has 5 heteroatoms. The summed E-state index contributed by atoms with van der Waals surface area (Å²) in [6.07, 6.45) is 2.22. The molecule has 0 unspecified atom stereocenters. The van der Waals surface area contributed by atoms with Gasteiger partial charge in [-0.15, -0.1) is 0 Å². The van der Waals surface area contributed by atoms with Gasteiger partial charge in [0.05, 0.1) is 0 Å². The van der Waals surface area contributed by atoms with Gasteiger partial charge in [0, 0.05) is 24.2 Å². The smallest absolute Gasteiger partial charge is 0.252 e. The minimum Gasteiger partial charge on any atom is -0.399 e. The number of hydrogen-bond acceptors (Lipinski definition) is 4. The van der Waals surface area contributed by atoms with Crippen molar-refractivity contribution in [3.05, 3.63) is 51.6 Å². The van der Waals surface area contributed by atoms with E-state index in [-0.39, 0.29) is 5.56 Å². The number of nitrogens with zero attached hydrogens (tertiary/aromatic N) is 1. The van der Waals surface area contributed by atoms with E-state index >= 15 is 0 Å². The minimum absolute atomic E-state index is 0.103. The molecule has 0 spiro atoms. The molecule has 0 saturated heterocycles. The summed E-state index contributed by atoms with van der Waals surface area (Å²) in [6, 6.07) is 7.33. The summed E-state index contributed by atoms with van der Waals surface area (Å²) in [5.74, 6) is 1.85. The van der Waals surface area contributed by atoms with Gasteiger partial charge < -0.3 is 16.0 Å². The van der Waals surface area contributed by atoms with Crippen molar-refractivity contribution in [2.24, 2.45) is 0 Å². The third-order valence-corrected chi connectivity index (χ3v) is 3.67. The number of H-pyrrole nitrogens is 1. The molecule has 0 amide bonds. The molecule has 0 bridgehead atoms. The Morgan fingerprint density at radius 1 is 1.45 bits per heavy atom. The summed E-state index contributed by atoms with van der Waals surface area (Å²) >= 11 is 0. The van der Waals surface area contributed by atoms with Crippen molar-refractivity contribution in [1.29, 1.82) is 0 Å². The average molecular weight is 270 g/mol. The summed E-state index contributed by atoms with van der Waals surface area (Å²) in [5, 5.41) is 3.21. The Bertz CT molecular complexity index is 689. The number of aromatic nitrogens is 2. The van der Waals surface area contributed by atoms with Crippen molar-refractivity contribution in [3.63, 3.8) is 0 Å². The zero-order valence-corrected chi connectivity index (χ0v) is 11.4. The van der Waals surface area contributed by atoms with Gasteiger partial charge in [0.25, 0.3) is 5.56 Å². The Morgan fingerprint density at radius 3 is 3.00 bits per heavy atom. The predicted molar refractivity (Wildman–Crippen MR) is 79.8 cm³/mol. The highest BCUT2D eigenvalue weighted by atomic mass is 16.1. The van der Waals surface area contributed by atoms with Gasteiger partial charge in [-0.25, -0.2) is 4.98 Å². The van der Waals surface area contributed by atoms with Gasteiger partial charge in [-0.1, -0.05) is 12.1 Å². The Morgan fingerprint density at radius 2 is 2.25 bits per heavy atom. The van der Waals surface area contributed by atoms with Gasteiger partial charge in [0.2, 0.25) is 0 Å². The first-order chi connectivity index (χ1) is 9.63. The Kier molecular flexibility index (Phi) is 3.18. The van der Waals surface area contributed by atoms with Gasteiger partial charge in [0.1, 0.15) is 11.6 Å². The number of nitrogens with one attached hydrogen (secondary N) is 2. The first-order valence-corrected chi connectivity index (χ1v) is 6.82. The highest BCUT2D eigenvalue weighted by Crippen LogP contribution is 2.37. The van der Waals surface area contributed by atoms with Crippen molar-refractivity contribution in [3.8, 4) is 0 Å². The molecule has 3 rings (SSSR count). The molecule has 4 N–H and O–H groups in total. The first kappa shape index (κ1) is 12.7. The summed E-state index contributed by atoms with van der Waals surface area (Å²) in [6.45, 7) is 2.60. The van der Waals surface area contributed by atoms with E-state index < -0.39 is 0 Å². The van der Waals surface area contributed by atoms with Crippen LogP contribution in [-0.4, -0.2) is 9.97 Å². The second kappa shape index (κ2) is 5.00. The van der Waals surface area contributed by atoms with Crippen molar-refractivity contribution < 1.29 is 0 Å². The molecule has 1 saturated carbocycles. The number of aromatic amines is 1. The van der Waals surface area contributed by atoms with Crippen molar-refractivity contribution in [1.82, 2.24) is 9.97 Å². The largest absolute Gasteiger partial charge is 0.399 e. The van der Waals surface area contributed by atoms with Gasteiger partial charge in [-0.3, -0.25) is 4.79 Å². The zero-order chi connectivity index (χ0) is 14.1. The molecule has 1 fully saturated rings.